The van der Waals surface area contributed by atoms with Crippen LogP contribution in [0.5, 0.6) is 0 Å². The molecule has 0 saturated heterocycles. The summed E-state index contributed by atoms with van der Waals surface area (Å²) in [5.74, 6) is -1.56. The summed E-state index contributed by atoms with van der Waals surface area (Å²) in [6, 6.07) is 5.26. The van der Waals surface area contributed by atoms with Gasteiger partial charge in [-0.15, -0.1) is 5.10 Å². The first-order valence-electron chi connectivity index (χ1n) is 7.39. The number of nitrogens with two attached hydrogens (primary N) is 1. The van der Waals surface area contributed by atoms with Gasteiger partial charge in [0.15, 0.2) is 0 Å². The highest BCUT2D eigenvalue weighted by Crippen LogP contribution is 2.41. The van der Waals surface area contributed by atoms with Crippen LogP contribution in [0.4, 0.5) is 35.1 Å². The molecule has 5 N–H and O–H groups in total. The van der Waals surface area contributed by atoms with Gasteiger partial charge in [-0.2, -0.15) is 26.6 Å². The monoisotopic (exact) mass is 417 g/mol. The summed E-state index contributed by atoms with van der Waals surface area (Å²) in [6.45, 7) is 0. The molecule has 0 amide bonds. The van der Waals surface area contributed by atoms with E-state index in [0.29, 0.717) is 6.07 Å². The van der Waals surface area contributed by atoms with Crippen molar-refractivity contribution in [3.05, 3.63) is 47.8 Å². The third-order valence-corrected chi connectivity index (χ3v) is 4.42. The molecule has 3 aromatic rings. The highest BCUT2D eigenvalue weighted by Gasteiger charge is 2.36. The Kier molecular flexibility index (Phi) is 4.72. The fourth-order valence-electron chi connectivity index (χ4n) is 2.47. The van der Waals surface area contributed by atoms with E-state index in [-0.39, 0.29) is 23.1 Å². The zero-order valence-corrected chi connectivity index (χ0v) is 14.4. The maximum atomic E-state index is 14.6. The molecule has 0 atom stereocenters. The van der Waals surface area contributed by atoms with Crippen LogP contribution >= 0.6 is 0 Å². The van der Waals surface area contributed by atoms with Crippen LogP contribution in [0.3, 0.4) is 0 Å². The molecule has 0 bridgehead atoms. The van der Waals surface area contributed by atoms with Gasteiger partial charge < -0.3 is 11.1 Å². The molecule has 0 aliphatic heterocycles. The fraction of sp³-hybridized carbons (Fsp3) is 0.0667. The van der Waals surface area contributed by atoms with Crippen LogP contribution in [0.1, 0.15) is 5.56 Å². The van der Waals surface area contributed by atoms with E-state index in [1.165, 1.54) is 0 Å². The van der Waals surface area contributed by atoms with Crippen LogP contribution in [0.15, 0.2) is 41.3 Å². The number of anilines is 3. The third-order valence-electron chi connectivity index (χ3n) is 3.58. The van der Waals surface area contributed by atoms with Gasteiger partial charge >= 0.3 is 6.18 Å². The molecule has 0 aliphatic carbocycles. The fourth-order valence-corrected chi connectivity index (χ4v) is 2.99. The zero-order valence-electron chi connectivity index (χ0n) is 13.6. The number of benzene rings is 2. The van der Waals surface area contributed by atoms with Crippen molar-refractivity contribution in [2.24, 2.45) is 0 Å². The van der Waals surface area contributed by atoms with E-state index in [0.717, 1.165) is 30.3 Å². The van der Waals surface area contributed by atoms with E-state index < -0.39 is 38.1 Å². The smallest absolute Gasteiger partial charge is 0.368 e. The number of rotatable bonds is 4. The molecule has 13 heteroatoms. The molecule has 3 rings (SSSR count). The van der Waals surface area contributed by atoms with Crippen molar-refractivity contribution in [3.8, 4) is 11.1 Å². The topological polar surface area (TPSA) is 134 Å². The van der Waals surface area contributed by atoms with Gasteiger partial charge in [0.05, 0.1) is 10.5 Å². The Morgan fingerprint density at radius 3 is 2.46 bits per heavy atom. The van der Waals surface area contributed by atoms with Crippen LogP contribution in [-0.2, 0) is 16.3 Å². The Morgan fingerprint density at radius 2 is 1.89 bits per heavy atom. The van der Waals surface area contributed by atoms with Gasteiger partial charge in [-0.25, -0.2) is 9.49 Å². The van der Waals surface area contributed by atoms with Crippen molar-refractivity contribution >= 4 is 27.7 Å². The summed E-state index contributed by atoms with van der Waals surface area (Å²) in [4.78, 5) is 2.98. The summed E-state index contributed by atoms with van der Waals surface area (Å²) in [6.07, 6.45) is -4.97. The molecule has 0 fully saturated rings. The van der Waals surface area contributed by atoms with Gasteiger partial charge in [-0.3, -0.25) is 4.55 Å². The minimum absolute atomic E-state index is 0.0994. The summed E-state index contributed by atoms with van der Waals surface area (Å²) >= 11 is 0. The number of aromatic amines is 1. The lowest BCUT2D eigenvalue weighted by molar-refractivity contribution is -0.137. The number of nitrogens with zero attached hydrogens (tertiary/aromatic N) is 2. The largest absolute Gasteiger partial charge is 0.417 e. The lowest BCUT2D eigenvalue weighted by atomic mass is 9.98. The van der Waals surface area contributed by atoms with E-state index in [9.17, 15) is 26.0 Å². The summed E-state index contributed by atoms with van der Waals surface area (Å²) in [5.41, 5.74) is 2.38. The Balaban J connectivity index is 2.16. The second kappa shape index (κ2) is 6.76. The van der Waals surface area contributed by atoms with E-state index in [4.69, 9.17) is 10.3 Å². The molecule has 28 heavy (non-hydrogen) atoms. The predicted octanol–water partition coefficient (Wildman–Crippen LogP) is 3.20. The van der Waals surface area contributed by atoms with Gasteiger partial charge in [-0.05, 0) is 29.8 Å². The van der Waals surface area contributed by atoms with Crippen molar-refractivity contribution < 1.29 is 30.5 Å². The summed E-state index contributed by atoms with van der Waals surface area (Å²) < 4.78 is 86.9. The van der Waals surface area contributed by atoms with Crippen LogP contribution in [-0.4, -0.2) is 28.2 Å². The Hall–Kier alpha value is -3.19. The Labute approximate surface area is 155 Å². The Bertz CT molecular complexity index is 1140. The molecule has 1 heterocycles. The van der Waals surface area contributed by atoms with Gasteiger partial charge in [0.2, 0.25) is 11.9 Å². The van der Waals surface area contributed by atoms with Crippen molar-refractivity contribution in [1.82, 2.24) is 15.2 Å². The molecule has 2 aromatic carbocycles. The minimum Gasteiger partial charge on any atom is -0.368 e. The van der Waals surface area contributed by atoms with E-state index in [2.05, 4.69) is 20.5 Å². The molecule has 8 nitrogen and oxygen atoms in total. The molecular weight excluding hydrogens is 406 g/mol. The third kappa shape index (κ3) is 4.04. The second-order valence-electron chi connectivity index (χ2n) is 5.55. The maximum absolute atomic E-state index is 14.6. The van der Waals surface area contributed by atoms with Crippen molar-refractivity contribution in [3.63, 3.8) is 0 Å². The highest BCUT2D eigenvalue weighted by molar-refractivity contribution is 7.85. The lowest BCUT2D eigenvalue weighted by Gasteiger charge is -2.16. The van der Waals surface area contributed by atoms with Crippen LogP contribution in [0.2, 0.25) is 0 Å². The lowest BCUT2D eigenvalue weighted by Crippen LogP contribution is -2.10. The highest BCUT2D eigenvalue weighted by atomic mass is 32.2. The van der Waals surface area contributed by atoms with Crippen molar-refractivity contribution in [2.75, 3.05) is 11.1 Å². The normalized spacial score (nSPS) is 12.2. The molecule has 0 spiro atoms. The van der Waals surface area contributed by atoms with E-state index >= 15 is 0 Å². The summed E-state index contributed by atoms with van der Waals surface area (Å²) in [7, 11) is -4.69. The van der Waals surface area contributed by atoms with Crippen molar-refractivity contribution in [2.45, 2.75) is 11.1 Å². The minimum atomic E-state index is -4.97. The number of aromatic nitrogens is 3. The number of nitrogens with one attached hydrogen (secondary N) is 2. The second-order valence-corrected chi connectivity index (χ2v) is 6.97. The van der Waals surface area contributed by atoms with Gasteiger partial charge in [0.25, 0.3) is 10.1 Å². The number of hydrogen-bond acceptors (Lipinski definition) is 6. The van der Waals surface area contributed by atoms with E-state index in [1.807, 2.05) is 0 Å². The Morgan fingerprint density at radius 1 is 1.18 bits per heavy atom. The van der Waals surface area contributed by atoms with Gasteiger partial charge in [0, 0.05) is 11.3 Å². The SMILES string of the molecule is Nc1nc(Nc2cc(F)c(-c3cccc(S(=O)(=O)O)c3)c(C(F)(F)F)c2)n[nH]1. The van der Waals surface area contributed by atoms with E-state index in [1.54, 1.807) is 0 Å². The van der Waals surface area contributed by atoms with Gasteiger partial charge in [0.1, 0.15) is 5.82 Å². The maximum Gasteiger partial charge on any atom is 0.417 e. The van der Waals surface area contributed by atoms with Gasteiger partial charge in [-0.1, -0.05) is 12.1 Å². The van der Waals surface area contributed by atoms with Crippen LogP contribution in [0.25, 0.3) is 11.1 Å². The standard InChI is InChI=1S/C15H11F4N5O3S/c16-11-6-8(21-14-22-13(20)23-24-14)5-10(15(17,18)19)12(11)7-2-1-3-9(4-7)28(25,26)27/h1-6H,(H,25,26,27)(H4,20,21,22,23,24). The average molecular weight is 417 g/mol. The molecule has 0 aliphatic rings. The quantitative estimate of drug-likeness (QED) is 0.378. The van der Waals surface area contributed by atoms with Crippen LogP contribution in [0, 0.1) is 5.82 Å². The molecular formula is C15H11F4N5O3S. The number of halogens is 4. The number of nitrogen functional groups attached to an aromatic ring is 1. The first-order chi connectivity index (χ1) is 12.9. The first kappa shape index (κ1) is 19.6. The zero-order chi connectivity index (χ0) is 20.7. The number of hydrogen-bond donors (Lipinski definition) is 4. The predicted molar refractivity (Wildman–Crippen MR) is 90.7 cm³/mol. The van der Waals surface area contributed by atoms with Crippen LogP contribution < -0.4 is 11.1 Å². The summed E-state index contributed by atoms with van der Waals surface area (Å²) in [5, 5.41) is 8.23. The molecule has 0 radical (unpaired) electrons. The molecule has 0 unspecified atom stereocenters. The molecule has 0 saturated carbocycles. The first-order valence-corrected chi connectivity index (χ1v) is 8.83. The molecule has 1 aromatic heterocycles. The number of alkyl halides is 3. The number of H-pyrrole nitrogens is 1. The molecule has 148 valence electrons. The van der Waals surface area contributed by atoms with Crippen molar-refractivity contribution in [1.29, 1.82) is 0 Å². The average Bonchev–Trinajstić information content (AvgIpc) is 2.97.